The average Bonchev–Trinajstić information content (AvgIpc) is 1.65. The molecule has 0 aliphatic rings. The highest BCUT2D eigenvalue weighted by atomic mass is 16.2. The molecule has 0 spiro atoms. The van der Waals surface area contributed by atoms with Crippen LogP contribution in [0, 0.1) is 5.53 Å². The molecule has 0 fully saturated rings. The number of rotatable bonds is 1. The van der Waals surface area contributed by atoms with Crippen molar-refractivity contribution >= 4 is 6.03 Å². The minimum Gasteiger partial charge on any atom is -0.243 e. The summed E-state index contributed by atoms with van der Waals surface area (Å²) >= 11 is 0. The quantitative estimate of drug-likeness (QED) is 0.194. The van der Waals surface area contributed by atoms with E-state index >= 15 is 0 Å². The van der Waals surface area contributed by atoms with Gasteiger partial charge in [0.15, 0.2) is 0 Å². The number of carbonyl (C=O) groups excluding carboxylic acids is 1. The van der Waals surface area contributed by atoms with Crippen LogP contribution in [0.25, 0.3) is 0 Å². The van der Waals surface area contributed by atoms with Gasteiger partial charge >= 0.3 is 6.03 Å². The highest BCUT2D eigenvalue weighted by molar-refractivity contribution is 5.72. The van der Waals surface area contributed by atoms with Gasteiger partial charge in [0.2, 0.25) is 0 Å². The van der Waals surface area contributed by atoms with E-state index in [1.165, 1.54) is 0 Å². The Morgan fingerprint density at radius 1 is 1.75 bits per heavy atom. The van der Waals surface area contributed by atoms with Crippen LogP contribution in [0.4, 0.5) is 4.79 Å². The summed E-state index contributed by atoms with van der Waals surface area (Å²) in [5, 5.41) is 2.84. The number of urea groups is 1. The molecule has 0 rings (SSSR count). The Hall–Kier alpha value is -1.05. The number of nitrogens with two attached hydrogens (primary N) is 2. The molecular formula is CH6N6O. The topological polar surface area (TPSA) is 121 Å². The van der Waals surface area contributed by atoms with E-state index in [0.717, 1.165) is 0 Å². The van der Waals surface area contributed by atoms with Crippen molar-refractivity contribution in [1.82, 2.24) is 10.7 Å². The van der Waals surface area contributed by atoms with Gasteiger partial charge in [-0.1, -0.05) is 10.3 Å². The highest BCUT2D eigenvalue weighted by Gasteiger charge is 1.94. The molecule has 2 amide bonds. The lowest BCUT2D eigenvalue weighted by Gasteiger charge is -2.05. The van der Waals surface area contributed by atoms with Gasteiger partial charge in [-0.15, -0.1) is 0 Å². The van der Waals surface area contributed by atoms with E-state index in [1.54, 1.807) is 5.43 Å². The van der Waals surface area contributed by atoms with Crippen LogP contribution < -0.4 is 17.1 Å². The van der Waals surface area contributed by atoms with Gasteiger partial charge in [0, 0.05) is 0 Å². The maximum absolute atomic E-state index is 9.96. The first-order valence-electron chi connectivity index (χ1n) is 1.64. The maximum atomic E-state index is 9.96. The summed E-state index contributed by atoms with van der Waals surface area (Å²) in [6, 6.07) is -0.907. The van der Waals surface area contributed by atoms with Crippen molar-refractivity contribution in [1.29, 1.82) is 5.53 Å². The molecule has 0 aromatic heterocycles. The summed E-state index contributed by atoms with van der Waals surface area (Å²) in [4.78, 5) is 9.96. The van der Waals surface area contributed by atoms with E-state index in [4.69, 9.17) is 17.2 Å². The number of amides is 2. The van der Waals surface area contributed by atoms with Crippen LogP contribution in [0.5, 0.6) is 0 Å². The molecule has 0 radical (unpaired) electrons. The molecule has 7 heteroatoms. The summed E-state index contributed by atoms with van der Waals surface area (Å²) in [7, 11) is 0. The third kappa shape index (κ3) is 3.15. The first-order valence-corrected chi connectivity index (χ1v) is 1.64. The predicted octanol–water partition coefficient (Wildman–Crippen LogP) is -1.31. The predicted molar refractivity (Wildman–Crippen MR) is 23.9 cm³/mol. The third-order valence-corrected chi connectivity index (χ3v) is 0.326. The second-order valence-electron chi connectivity index (χ2n) is 0.936. The van der Waals surface area contributed by atoms with Crippen LogP contribution in [-0.2, 0) is 0 Å². The first-order chi connectivity index (χ1) is 3.66. The monoisotopic (exact) mass is 118 g/mol. The lowest BCUT2D eigenvalue weighted by Crippen LogP contribution is -2.50. The SMILES string of the molecule is N=NC(=O)NN(N)N. The Kier molecular flexibility index (Phi) is 2.62. The van der Waals surface area contributed by atoms with Crippen molar-refractivity contribution < 1.29 is 4.79 Å². The minimum atomic E-state index is -0.907. The Morgan fingerprint density at radius 2 is 2.25 bits per heavy atom. The molecule has 0 bridgehead atoms. The third-order valence-electron chi connectivity index (χ3n) is 0.326. The zero-order valence-electron chi connectivity index (χ0n) is 3.96. The van der Waals surface area contributed by atoms with Gasteiger partial charge in [0.1, 0.15) is 0 Å². The van der Waals surface area contributed by atoms with Crippen LogP contribution in [0.2, 0.25) is 0 Å². The number of hydrogen-bond donors (Lipinski definition) is 4. The Bertz CT molecular complexity index is 96.7. The number of carbonyl (C=O) groups is 1. The fourth-order valence-corrected chi connectivity index (χ4v) is 0.135. The fourth-order valence-electron chi connectivity index (χ4n) is 0.135. The van der Waals surface area contributed by atoms with Crippen molar-refractivity contribution in [2.75, 3.05) is 0 Å². The molecule has 0 atom stereocenters. The molecule has 0 aliphatic heterocycles. The smallest absolute Gasteiger partial charge is 0.243 e. The lowest BCUT2D eigenvalue weighted by molar-refractivity contribution is 0.186. The van der Waals surface area contributed by atoms with E-state index in [9.17, 15) is 4.79 Å². The zero-order chi connectivity index (χ0) is 6.57. The van der Waals surface area contributed by atoms with Gasteiger partial charge in [0.05, 0.1) is 0 Å². The summed E-state index contributed by atoms with van der Waals surface area (Å²) in [6.07, 6.45) is 0. The number of nitrogens with one attached hydrogen (secondary N) is 2. The summed E-state index contributed by atoms with van der Waals surface area (Å²) < 4.78 is 0. The van der Waals surface area contributed by atoms with Gasteiger partial charge < -0.3 is 0 Å². The normalized spacial score (nSPS) is 8.88. The van der Waals surface area contributed by atoms with Gasteiger partial charge in [-0.05, 0) is 0 Å². The molecule has 0 heterocycles. The summed E-state index contributed by atoms with van der Waals surface area (Å²) in [5.41, 5.74) is 7.87. The van der Waals surface area contributed by atoms with Gasteiger partial charge in [-0.3, -0.25) is 0 Å². The average molecular weight is 118 g/mol. The van der Waals surface area contributed by atoms with Gasteiger partial charge in [-0.2, -0.15) is 5.53 Å². The standard InChI is InChI=1S/CH6N6O/c2-5-1(8)6-7(3)4/h2H,3-4H2,(H,6,8). The molecule has 0 aromatic carbocycles. The van der Waals surface area contributed by atoms with Crippen molar-refractivity contribution in [3.05, 3.63) is 0 Å². The Balaban J connectivity index is 3.39. The van der Waals surface area contributed by atoms with Crippen molar-refractivity contribution in [3.63, 3.8) is 0 Å². The molecular weight excluding hydrogens is 112 g/mol. The van der Waals surface area contributed by atoms with Gasteiger partial charge in [0.25, 0.3) is 0 Å². The highest BCUT2D eigenvalue weighted by Crippen LogP contribution is 1.66. The van der Waals surface area contributed by atoms with E-state index < -0.39 is 6.03 Å². The van der Waals surface area contributed by atoms with Crippen LogP contribution in [0.1, 0.15) is 0 Å². The molecule has 0 aliphatic carbocycles. The number of hydrogen-bond acceptors (Lipinski definition) is 5. The van der Waals surface area contributed by atoms with Crippen molar-refractivity contribution in [2.24, 2.45) is 16.8 Å². The van der Waals surface area contributed by atoms with E-state index in [-0.39, 0.29) is 0 Å². The second-order valence-corrected chi connectivity index (χ2v) is 0.936. The fraction of sp³-hybridized carbons (Fsp3) is 0. The van der Waals surface area contributed by atoms with E-state index in [2.05, 4.69) is 5.11 Å². The Labute approximate surface area is 45.0 Å². The molecule has 0 saturated carbocycles. The zero-order valence-corrected chi connectivity index (χ0v) is 3.96. The second kappa shape index (κ2) is 3.02. The van der Waals surface area contributed by atoms with Crippen molar-refractivity contribution in [2.45, 2.75) is 0 Å². The molecule has 6 N–H and O–H groups in total. The van der Waals surface area contributed by atoms with Crippen LogP contribution in [0.3, 0.4) is 0 Å². The number of nitrogens with zero attached hydrogens (tertiary/aromatic N) is 2. The minimum absolute atomic E-state index is 0.417. The molecule has 7 nitrogen and oxygen atoms in total. The maximum Gasteiger partial charge on any atom is 0.375 e. The van der Waals surface area contributed by atoms with Crippen LogP contribution in [0.15, 0.2) is 5.11 Å². The van der Waals surface area contributed by atoms with Crippen molar-refractivity contribution in [3.8, 4) is 0 Å². The first kappa shape index (κ1) is 6.95. The van der Waals surface area contributed by atoms with Crippen LogP contribution >= 0.6 is 0 Å². The van der Waals surface area contributed by atoms with Gasteiger partial charge in [-0.25, -0.2) is 21.9 Å². The van der Waals surface area contributed by atoms with E-state index in [1.807, 2.05) is 0 Å². The summed E-state index contributed by atoms with van der Waals surface area (Å²) in [5.74, 6) is 9.41. The molecule has 0 aromatic rings. The molecule has 0 saturated heterocycles. The summed E-state index contributed by atoms with van der Waals surface area (Å²) in [6.45, 7) is 0. The van der Waals surface area contributed by atoms with Crippen LogP contribution in [-0.4, -0.2) is 11.3 Å². The largest absolute Gasteiger partial charge is 0.375 e. The lowest BCUT2D eigenvalue weighted by atomic mass is 11.1. The Morgan fingerprint density at radius 3 is 2.38 bits per heavy atom. The molecule has 0 unspecified atom stereocenters. The molecule has 46 valence electrons. The number of hydrazine groups is 3. The van der Waals surface area contributed by atoms with E-state index in [0.29, 0.717) is 5.23 Å². The molecule has 8 heavy (non-hydrogen) atoms.